The highest BCUT2D eigenvalue weighted by molar-refractivity contribution is 7.98. The summed E-state index contributed by atoms with van der Waals surface area (Å²) in [7, 11) is 0. The highest BCUT2D eigenvalue weighted by Gasteiger charge is 2.21. The summed E-state index contributed by atoms with van der Waals surface area (Å²) in [5, 5.41) is 0. The fraction of sp³-hybridized carbons (Fsp3) is 0.583. The van der Waals surface area contributed by atoms with Crippen molar-refractivity contribution >= 4 is 23.6 Å². The smallest absolute Gasteiger partial charge is 0.225 e. The second kappa shape index (κ2) is 6.58. The van der Waals surface area contributed by atoms with Gasteiger partial charge in [-0.25, -0.2) is 9.97 Å². The minimum absolute atomic E-state index is 0.262. The molecule has 1 amide bonds. The number of anilines is 1. The zero-order valence-corrected chi connectivity index (χ0v) is 11.4. The Labute approximate surface area is 112 Å². The van der Waals surface area contributed by atoms with Crippen molar-refractivity contribution < 1.29 is 4.79 Å². The molecule has 1 aliphatic rings. The van der Waals surface area contributed by atoms with E-state index in [4.69, 9.17) is 0 Å². The summed E-state index contributed by atoms with van der Waals surface area (Å²) in [6.07, 6.45) is 6.16. The molecule has 0 saturated carbocycles. The first-order valence-electron chi connectivity index (χ1n) is 6.10. The Kier molecular flexibility index (Phi) is 4.81. The summed E-state index contributed by atoms with van der Waals surface area (Å²) < 4.78 is 0. The third kappa shape index (κ3) is 3.35. The van der Waals surface area contributed by atoms with Crippen LogP contribution in [0, 0.1) is 0 Å². The molecule has 0 aromatic carbocycles. The first-order chi connectivity index (χ1) is 8.81. The molecule has 0 radical (unpaired) electrons. The minimum atomic E-state index is 0.262. The molecule has 5 nitrogen and oxygen atoms in total. The van der Waals surface area contributed by atoms with Gasteiger partial charge in [-0.1, -0.05) is 0 Å². The lowest BCUT2D eigenvalue weighted by molar-refractivity contribution is -0.131. The third-order valence-electron chi connectivity index (χ3n) is 2.99. The van der Waals surface area contributed by atoms with Crippen molar-refractivity contribution in [3.05, 3.63) is 18.5 Å². The van der Waals surface area contributed by atoms with Crippen molar-refractivity contribution in [2.75, 3.05) is 43.1 Å². The monoisotopic (exact) mass is 266 g/mol. The lowest BCUT2D eigenvalue weighted by atomic mass is 10.3. The molecule has 0 bridgehead atoms. The Morgan fingerprint density at radius 3 is 2.56 bits per heavy atom. The number of piperazine rings is 1. The van der Waals surface area contributed by atoms with E-state index in [0.29, 0.717) is 6.42 Å². The predicted molar refractivity (Wildman–Crippen MR) is 73.8 cm³/mol. The van der Waals surface area contributed by atoms with Crippen molar-refractivity contribution in [2.45, 2.75) is 6.42 Å². The molecule has 1 aliphatic heterocycles. The van der Waals surface area contributed by atoms with Crippen LogP contribution in [0.15, 0.2) is 18.5 Å². The van der Waals surface area contributed by atoms with Crippen molar-refractivity contribution in [1.29, 1.82) is 0 Å². The SMILES string of the molecule is CSCCC(=O)N1CCN(c2ncccn2)CC1. The van der Waals surface area contributed by atoms with Crippen LogP contribution < -0.4 is 4.90 Å². The topological polar surface area (TPSA) is 49.3 Å². The van der Waals surface area contributed by atoms with Gasteiger partial charge in [0, 0.05) is 50.7 Å². The molecule has 1 fully saturated rings. The van der Waals surface area contributed by atoms with Crippen LogP contribution in [0.25, 0.3) is 0 Å². The van der Waals surface area contributed by atoms with Crippen molar-refractivity contribution in [1.82, 2.24) is 14.9 Å². The van der Waals surface area contributed by atoms with E-state index < -0.39 is 0 Å². The van der Waals surface area contributed by atoms with E-state index in [9.17, 15) is 4.79 Å². The average Bonchev–Trinajstić information content (AvgIpc) is 2.46. The molecule has 2 heterocycles. The summed E-state index contributed by atoms with van der Waals surface area (Å²) in [5.74, 6) is 1.92. The maximum absolute atomic E-state index is 11.9. The first kappa shape index (κ1) is 13.1. The highest BCUT2D eigenvalue weighted by Crippen LogP contribution is 2.11. The molecule has 0 aliphatic carbocycles. The summed E-state index contributed by atoms with van der Waals surface area (Å²) in [6, 6.07) is 1.81. The van der Waals surface area contributed by atoms with E-state index in [1.54, 1.807) is 24.2 Å². The summed E-state index contributed by atoms with van der Waals surface area (Å²) in [6.45, 7) is 3.17. The Morgan fingerprint density at radius 2 is 1.94 bits per heavy atom. The fourth-order valence-electron chi connectivity index (χ4n) is 1.96. The van der Waals surface area contributed by atoms with Gasteiger partial charge in [0.2, 0.25) is 11.9 Å². The molecule has 1 saturated heterocycles. The zero-order valence-electron chi connectivity index (χ0n) is 10.6. The van der Waals surface area contributed by atoms with Gasteiger partial charge in [-0.15, -0.1) is 0 Å². The highest BCUT2D eigenvalue weighted by atomic mass is 32.2. The van der Waals surface area contributed by atoms with Crippen LogP contribution in [0.1, 0.15) is 6.42 Å². The molecule has 0 unspecified atom stereocenters. The Balaban J connectivity index is 1.83. The number of thioether (sulfide) groups is 1. The van der Waals surface area contributed by atoms with Crippen LogP contribution in [-0.4, -0.2) is 59.0 Å². The van der Waals surface area contributed by atoms with E-state index in [1.165, 1.54) is 0 Å². The van der Waals surface area contributed by atoms with Gasteiger partial charge >= 0.3 is 0 Å². The fourth-order valence-corrected chi connectivity index (χ4v) is 2.34. The number of nitrogens with zero attached hydrogens (tertiary/aromatic N) is 4. The molecule has 98 valence electrons. The Bertz CT molecular complexity index is 379. The molecule has 1 aromatic heterocycles. The normalized spacial score (nSPS) is 15.8. The molecule has 0 spiro atoms. The first-order valence-corrected chi connectivity index (χ1v) is 7.49. The molecule has 0 atom stereocenters. The summed E-state index contributed by atoms with van der Waals surface area (Å²) in [5.41, 5.74) is 0. The molecule has 18 heavy (non-hydrogen) atoms. The number of hydrogen-bond donors (Lipinski definition) is 0. The Hall–Kier alpha value is -1.30. The molecule has 0 N–H and O–H groups in total. The average molecular weight is 266 g/mol. The van der Waals surface area contributed by atoms with Crippen molar-refractivity contribution in [2.24, 2.45) is 0 Å². The van der Waals surface area contributed by atoms with E-state index in [0.717, 1.165) is 37.9 Å². The molecule has 1 aromatic rings. The predicted octanol–water partition coefficient (Wildman–Crippen LogP) is 0.878. The van der Waals surface area contributed by atoms with Gasteiger partial charge < -0.3 is 9.80 Å². The van der Waals surface area contributed by atoms with Crippen molar-refractivity contribution in [3.8, 4) is 0 Å². The number of carbonyl (C=O) groups excluding carboxylic acids is 1. The second-order valence-corrected chi connectivity index (χ2v) is 5.15. The van der Waals surface area contributed by atoms with Gasteiger partial charge in [0.15, 0.2) is 0 Å². The quantitative estimate of drug-likeness (QED) is 0.809. The number of amides is 1. The second-order valence-electron chi connectivity index (χ2n) is 4.16. The van der Waals surface area contributed by atoms with Gasteiger partial charge in [-0.3, -0.25) is 4.79 Å². The molecule has 6 heteroatoms. The van der Waals surface area contributed by atoms with Crippen LogP contribution >= 0.6 is 11.8 Å². The van der Waals surface area contributed by atoms with E-state index in [2.05, 4.69) is 14.9 Å². The van der Waals surface area contributed by atoms with Crippen LogP contribution in [-0.2, 0) is 4.79 Å². The standard InChI is InChI=1S/C12H18N4OS/c1-18-10-3-11(17)15-6-8-16(9-7-15)12-13-4-2-5-14-12/h2,4-5H,3,6-10H2,1H3. The van der Waals surface area contributed by atoms with E-state index in [-0.39, 0.29) is 5.91 Å². The molecule has 2 rings (SSSR count). The maximum Gasteiger partial charge on any atom is 0.225 e. The Morgan fingerprint density at radius 1 is 1.28 bits per heavy atom. The molecular formula is C12H18N4OS. The lowest BCUT2D eigenvalue weighted by Crippen LogP contribution is -2.49. The van der Waals surface area contributed by atoms with Gasteiger partial charge in [0.1, 0.15) is 0 Å². The van der Waals surface area contributed by atoms with Gasteiger partial charge in [-0.2, -0.15) is 11.8 Å². The van der Waals surface area contributed by atoms with Gasteiger partial charge in [-0.05, 0) is 12.3 Å². The van der Waals surface area contributed by atoms with E-state index in [1.807, 2.05) is 17.2 Å². The number of aromatic nitrogens is 2. The van der Waals surface area contributed by atoms with Crippen LogP contribution in [0.5, 0.6) is 0 Å². The van der Waals surface area contributed by atoms with Crippen LogP contribution in [0.3, 0.4) is 0 Å². The third-order valence-corrected chi connectivity index (χ3v) is 3.60. The number of hydrogen-bond acceptors (Lipinski definition) is 5. The zero-order chi connectivity index (χ0) is 12.8. The maximum atomic E-state index is 11.9. The van der Waals surface area contributed by atoms with E-state index >= 15 is 0 Å². The van der Waals surface area contributed by atoms with Crippen molar-refractivity contribution in [3.63, 3.8) is 0 Å². The minimum Gasteiger partial charge on any atom is -0.339 e. The van der Waals surface area contributed by atoms with Gasteiger partial charge in [0.05, 0.1) is 0 Å². The lowest BCUT2D eigenvalue weighted by Gasteiger charge is -2.34. The number of carbonyl (C=O) groups is 1. The van der Waals surface area contributed by atoms with Gasteiger partial charge in [0.25, 0.3) is 0 Å². The van der Waals surface area contributed by atoms with Crippen LogP contribution in [0.4, 0.5) is 5.95 Å². The van der Waals surface area contributed by atoms with Crippen LogP contribution in [0.2, 0.25) is 0 Å². The largest absolute Gasteiger partial charge is 0.339 e. The molecular weight excluding hydrogens is 248 g/mol. The summed E-state index contributed by atoms with van der Waals surface area (Å²) in [4.78, 5) is 24.4. The number of rotatable bonds is 4. The summed E-state index contributed by atoms with van der Waals surface area (Å²) >= 11 is 1.71.